The molecule has 3 aromatic rings. The van der Waals surface area contributed by atoms with Gasteiger partial charge < -0.3 is 9.64 Å². The minimum Gasteiger partial charge on any atom is -0.481 e. The van der Waals surface area contributed by atoms with Gasteiger partial charge in [0.1, 0.15) is 5.75 Å². The number of carbonyl (C=O) groups excluding carboxylic acids is 1. The highest BCUT2D eigenvalue weighted by Gasteiger charge is 2.27. The molecule has 126 valence electrons. The van der Waals surface area contributed by atoms with Gasteiger partial charge in [0.25, 0.3) is 5.91 Å². The minimum atomic E-state index is -0.521. The van der Waals surface area contributed by atoms with Gasteiger partial charge in [-0.15, -0.1) is 0 Å². The van der Waals surface area contributed by atoms with Crippen LogP contribution in [0.5, 0.6) is 5.75 Å². The zero-order valence-corrected chi connectivity index (χ0v) is 14.3. The van der Waals surface area contributed by atoms with Crippen LogP contribution >= 0.6 is 0 Å². The van der Waals surface area contributed by atoms with E-state index in [1.807, 2.05) is 60.4 Å². The highest BCUT2D eigenvalue weighted by Crippen LogP contribution is 2.28. The maximum Gasteiger partial charge on any atom is 0.267 e. The van der Waals surface area contributed by atoms with Crippen molar-refractivity contribution in [2.75, 3.05) is 11.4 Å². The lowest BCUT2D eigenvalue weighted by molar-refractivity contribution is -0.124. The third kappa shape index (κ3) is 3.10. The topological polar surface area (TPSA) is 29.5 Å². The van der Waals surface area contributed by atoms with E-state index in [9.17, 15) is 4.79 Å². The van der Waals surface area contributed by atoms with Crippen molar-refractivity contribution in [1.29, 1.82) is 0 Å². The molecule has 1 heterocycles. The van der Waals surface area contributed by atoms with Gasteiger partial charge in [-0.1, -0.05) is 48.5 Å². The quantitative estimate of drug-likeness (QED) is 0.703. The summed E-state index contributed by atoms with van der Waals surface area (Å²) in [6, 6.07) is 22.2. The molecule has 1 aliphatic heterocycles. The lowest BCUT2D eigenvalue weighted by Crippen LogP contribution is -2.43. The van der Waals surface area contributed by atoms with Crippen molar-refractivity contribution < 1.29 is 9.53 Å². The second-order valence-electron chi connectivity index (χ2n) is 6.49. The highest BCUT2D eigenvalue weighted by atomic mass is 16.5. The Kier molecular flexibility index (Phi) is 4.14. The van der Waals surface area contributed by atoms with Crippen LogP contribution in [0.15, 0.2) is 66.7 Å². The Balaban J connectivity index is 1.54. The van der Waals surface area contributed by atoms with Gasteiger partial charge in [0.2, 0.25) is 0 Å². The minimum absolute atomic E-state index is 0.0142. The number of para-hydroxylation sites is 1. The molecule has 0 saturated carbocycles. The molecule has 0 radical (unpaired) electrons. The summed E-state index contributed by atoms with van der Waals surface area (Å²) < 4.78 is 5.96. The van der Waals surface area contributed by atoms with Crippen molar-refractivity contribution in [3.05, 3.63) is 72.3 Å². The zero-order valence-electron chi connectivity index (χ0n) is 14.3. The molecule has 3 aromatic carbocycles. The van der Waals surface area contributed by atoms with Crippen LogP contribution in [0.25, 0.3) is 10.8 Å². The van der Waals surface area contributed by atoms with E-state index in [2.05, 4.69) is 18.2 Å². The fraction of sp³-hybridized carbons (Fsp3) is 0.227. The summed E-state index contributed by atoms with van der Waals surface area (Å²) in [5, 5.41) is 2.28. The first-order valence-electron chi connectivity index (χ1n) is 8.77. The summed E-state index contributed by atoms with van der Waals surface area (Å²) in [7, 11) is 0. The fourth-order valence-electron chi connectivity index (χ4n) is 3.48. The normalized spacial score (nSPS) is 14.8. The molecule has 0 N–H and O–H groups in total. The predicted molar refractivity (Wildman–Crippen MR) is 101 cm³/mol. The van der Waals surface area contributed by atoms with E-state index in [0.29, 0.717) is 0 Å². The van der Waals surface area contributed by atoms with Crippen molar-refractivity contribution in [2.24, 2.45) is 0 Å². The molecule has 1 atom stereocenters. The molecule has 4 rings (SSSR count). The summed E-state index contributed by atoms with van der Waals surface area (Å²) in [5.41, 5.74) is 2.26. The number of nitrogens with zero attached hydrogens (tertiary/aromatic N) is 1. The number of hydrogen-bond acceptors (Lipinski definition) is 2. The SMILES string of the molecule is CC(Oc1ccc2ccccc2c1)C(=O)N1CCCc2ccccc21. The lowest BCUT2D eigenvalue weighted by Gasteiger charge is -2.31. The number of carbonyl (C=O) groups is 1. The second kappa shape index (κ2) is 6.60. The van der Waals surface area contributed by atoms with Crippen LogP contribution in [0.3, 0.4) is 0 Å². The first-order chi connectivity index (χ1) is 12.2. The van der Waals surface area contributed by atoms with Gasteiger partial charge in [-0.3, -0.25) is 4.79 Å². The van der Waals surface area contributed by atoms with Crippen LogP contribution in [0.1, 0.15) is 18.9 Å². The molecule has 0 aromatic heterocycles. The van der Waals surface area contributed by atoms with E-state index in [1.54, 1.807) is 0 Å². The smallest absolute Gasteiger partial charge is 0.267 e. The Morgan fingerprint density at radius 1 is 1.00 bits per heavy atom. The molecule has 1 unspecified atom stereocenters. The van der Waals surface area contributed by atoms with E-state index in [1.165, 1.54) is 10.9 Å². The van der Waals surface area contributed by atoms with Gasteiger partial charge in [-0.05, 0) is 54.3 Å². The van der Waals surface area contributed by atoms with Gasteiger partial charge in [-0.25, -0.2) is 0 Å². The summed E-state index contributed by atoms with van der Waals surface area (Å²) in [5.74, 6) is 0.741. The highest BCUT2D eigenvalue weighted by molar-refractivity contribution is 5.97. The summed E-state index contributed by atoms with van der Waals surface area (Å²) in [4.78, 5) is 14.8. The van der Waals surface area contributed by atoms with Crippen molar-refractivity contribution in [2.45, 2.75) is 25.9 Å². The first kappa shape index (κ1) is 15.7. The van der Waals surface area contributed by atoms with Crippen molar-refractivity contribution in [3.8, 4) is 5.75 Å². The Hall–Kier alpha value is -2.81. The summed E-state index contributed by atoms with van der Waals surface area (Å²) in [6.07, 6.45) is 1.50. The number of benzene rings is 3. The predicted octanol–water partition coefficient (Wildman–Crippen LogP) is 4.59. The molecule has 0 spiro atoms. The molecule has 0 fully saturated rings. The number of amides is 1. The van der Waals surface area contributed by atoms with Crippen molar-refractivity contribution in [3.63, 3.8) is 0 Å². The van der Waals surface area contributed by atoms with Gasteiger partial charge in [0, 0.05) is 12.2 Å². The van der Waals surface area contributed by atoms with E-state index in [4.69, 9.17) is 4.74 Å². The third-order valence-corrected chi connectivity index (χ3v) is 4.76. The van der Waals surface area contributed by atoms with Gasteiger partial charge in [0.15, 0.2) is 6.10 Å². The number of hydrogen-bond donors (Lipinski definition) is 0. The van der Waals surface area contributed by atoms with Gasteiger partial charge in [-0.2, -0.15) is 0 Å². The molecular weight excluding hydrogens is 310 g/mol. The lowest BCUT2D eigenvalue weighted by atomic mass is 10.0. The average molecular weight is 331 g/mol. The Morgan fingerprint density at radius 2 is 1.76 bits per heavy atom. The van der Waals surface area contributed by atoms with E-state index < -0.39 is 6.10 Å². The molecule has 0 saturated heterocycles. The van der Waals surface area contributed by atoms with Crippen LogP contribution in [0, 0.1) is 0 Å². The van der Waals surface area contributed by atoms with E-state index in [-0.39, 0.29) is 5.91 Å². The standard InChI is InChI=1S/C22H21NO2/c1-16(25-20-13-12-17-7-2-3-9-19(17)15-20)22(24)23-14-6-10-18-8-4-5-11-21(18)23/h2-5,7-9,11-13,15-16H,6,10,14H2,1H3. The Labute approximate surface area is 147 Å². The largest absolute Gasteiger partial charge is 0.481 e. The number of ether oxygens (including phenoxy) is 1. The summed E-state index contributed by atoms with van der Waals surface area (Å²) >= 11 is 0. The van der Waals surface area contributed by atoms with E-state index in [0.717, 1.165) is 36.2 Å². The molecule has 3 nitrogen and oxygen atoms in total. The molecule has 1 aliphatic rings. The van der Waals surface area contributed by atoms with Gasteiger partial charge >= 0.3 is 0 Å². The van der Waals surface area contributed by atoms with Crippen molar-refractivity contribution >= 4 is 22.4 Å². The van der Waals surface area contributed by atoms with Crippen LogP contribution < -0.4 is 9.64 Å². The fourth-order valence-corrected chi connectivity index (χ4v) is 3.48. The average Bonchev–Trinajstić information content (AvgIpc) is 2.67. The maximum absolute atomic E-state index is 12.9. The maximum atomic E-state index is 12.9. The van der Waals surface area contributed by atoms with E-state index >= 15 is 0 Å². The molecule has 25 heavy (non-hydrogen) atoms. The van der Waals surface area contributed by atoms with Crippen LogP contribution in [-0.4, -0.2) is 18.6 Å². The number of anilines is 1. The van der Waals surface area contributed by atoms with Crippen LogP contribution in [-0.2, 0) is 11.2 Å². The monoisotopic (exact) mass is 331 g/mol. The van der Waals surface area contributed by atoms with Gasteiger partial charge in [0.05, 0.1) is 0 Å². The Morgan fingerprint density at radius 3 is 2.64 bits per heavy atom. The molecular formula is C22H21NO2. The Bertz CT molecular complexity index is 919. The third-order valence-electron chi connectivity index (χ3n) is 4.76. The molecule has 0 bridgehead atoms. The molecule has 3 heteroatoms. The number of aryl methyl sites for hydroxylation is 1. The zero-order chi connectivity index (χ0) is 17.2. The summed E-state index contributed by atoms with van der Waals surface area (Å²) in [6.45, 7) is 2.58. The molecule has 1 amide bonds. The number of rotatable bonds is 3. The first-order valence-corrected chi connectivity index (χ1v) is 8.77. The van der Waals surface area contributed by atoms with Crippen LogP contribution in [0.4, 0.5) is 5.69 Å². The second-order valence-corrected chi connectivity index (χ2v) is 6.49. The number of fused-ring (bicyclic) bond motifs is 2. The van der Waals surface area contributed by atoms with Crippen molar-refractivity contribution in [1.82, 2.24) is 0 Å². The molecule has 0 aliphatic carbocycles. The van der Waals surface area contributed by atoms with Crippen LogP contribution in [0.2, 0.25) is 0 Å².